The zero-order valence-electron chi connectivity index (χ0n) is 27.9. The Morgan fingerprint density at radius 1 is 1.00 bits per heavy atom. The molecule has 264 valence electrons. The summed E-state index contributed by atoms with van der Waals surface area (Å²) in [4.78, 5) is 43.1. The SMILES string of the molecule is CC(C)CN(C[C@H](O)[C@H](Cc1ccccc1)NC(=O)C(C(C)C)N1CC(=O)N(Cc2cccc(Br)c2)C1=O)S(=O)(=O)c1ccc(Cl)c(N)c1. The van der Waals surface area contributed by atoms with E-state index in [1.54, 1.807) is 19.9 Å². The fourth-order valence-electron chi connectivity index (χ4n) is 5.82. The van der Waals surface area contributed by atoms with Gasteiger partial charge in [0.1, 0.15) is 12.6 Å². The molecule has 0 aromatic heterocycles. The van der Waals surface area contributed by atoms with Crippen LogP contribution < -0.4 is 11.1 Å². The molecule has 0 radical (unpaired) electrons. The summed E-state index contributed by atoms with van der Waals surface area (Å²) in [5, 5.41) is 14.8. The van der Waals surface area contributed by atoms with Crippen molar-refractivity contribution in [3.05, 3.63) is 93.4 Å². The van der Waals surface area contributed by atoms with Crippen LogP contribution in [0.4, 0.5) is 10.5 Å². The number of carbonyl (C=O) groups excluding carboxylic acids is 3. The first-order valence-corrected chi connectivity index (χ1v) is 18.6. The van der Waals surface area contributed by atoms with Gasteiger partial charge in [0, 0.05) is 17.6 Å². The minimum atomic E-state index is -4.13. The van der Waals surface area contributed by atoms with Crippen molar-refractivity contribution in [3.8, 4) is 0 Å². The molecule has 1 fully saturated rings. The lowest BCUT2D eigenvalue weighted by atomic mass is 9.97. The molecule has 3 aromatic rings. The van der Waals surface area contributed by atoms with E-state index in [9.17, 15) is 27.9 Å². The van der Waals surface area contributed by atoms with E-state index in [1.807, 2.05) is 62.4 Å². The third-order valence-electron chi connectivity index (χ3n) is 8.20. The van der Waals surface area contributed by atoms with Gasteiger partial charge in [-0.2, -0.15) is 4.31 Å². The van der Waals surface area contributed by atoms with Crippen LogP contribution in [0.3, 0.4) is 0 Å². The monoisotopic (exact) mass is 775 g/mol. The molecule has 4 N–H and O–H groups in total. The average molecular weight is 777 g/mol. The van der Waals surface area contributed by atoms with Crippen molar-refractivity contribution in [3.63, 3.8) is 0 Å². The van der Waals surface area contributed by atoms with Crippen molar-refractivity contribution in [2.45, 2.75) is 63.7 Å². The van der Waals surface area contributed by atoms with Crippen LogP contribution >= 0.6 is 27.5 Å². The summed E-state index contributed by atoms with van der Waals surface area (Å²) >= 11 is 9.46. The standard InChI is InChI=1S/C35H43BrClN5O6S/c1-22(2)18-40(49(47,48)27-13-14-28(37)29(38)17-27)20-31(43)30(16-24-9-6-5-7-10-24)39-34(45)33(23(3)4)42-21-32(44)41(35(42)46)19-25-11-8-12-26(36)15-25/h5-15,17,22-23,30-31,33,43H,16,18-21,38H2,1-4H3,(H,39,45)/t30-,31-,33?/m0/s1. The maximum absolute atomic E-state index is 14.1. The van der Waals surface area contributed by atoms with Gasteiger partial charge in [-0.15, -0.1) is 0 Å². The summed E-state index contributed by atoms with van der Waals surface area (Å²) in [5.41, 5.74) is 7.57. The second kappa shape index (κ2) is 16.5. The van der Waals surface area contributed by atoms with Gasteiger partial charge < -0.3 is 21.1 Å². The first-order chi connectivity index (χ1) is 23.1. The minimum Gasteiger partial charge on any atom is -0.397 e. The van der Waals surface area contributed by atoms with Gasteiger partial charge in [0.2, 0.25) is 15.9 Å². The molecule has 3 atom stereocenters. The van der Waals surface area contributed by atoms with Gasteiger partial charge in [-0.25, -0.2) is 13.2 Å². The first kappa shape index (κ1) is 38.3. The number of amides is 4. The molecule has 0 saturated carbocycles. The van der Waals surface area contributed by atoms with E-state index in [-0.39, 0.29) is 54.1 Å². The van der Waals surface area contributed by atoms with Crippen molar-refractivity contribution >= 4 is 61.1 Å². The van der Waals surface area contributed by atoms with Crippen LogP contribution in [0, 0.1) is 11.8 Å². The number of rotatable bonds is 15. The van der Waals surface area contributed by atoms with E-state index in [0.29, 0.717) is 0 Å². The molecule has 0 spiro atoms. The molecule has 1 aliphatic heterocycles. The number of nitrogen functional groups attached to an aromatic ring is 1. The van der Waals surface area contributed by atoms with Crippen LogP contribution in [0.1, 0.15) is 38.8 Å². The van der Waals surface area contributed by atoms with E-state index in [0.717, 1.165) is 20.5 Å². The maximum atomic E-state index is 14.1. The van der Waals surface area contributed by atoms with Crippen molar-refractivity contribution in [1.29, 1.82) is 0 Å². The van der Waals surface area contributed by atoms with Crippen molar-refractivity contribution in [2.24, 2.45) is 11.8 Å². The molecule has 3 aromatic carbocycles. The number of sulfonamides is 1. The summed E-state index contributed by atoms with van der Waals surface area (Å²) in [6, 6.07) is 17.9. The maximum Gasteiger partial charge on any atom is 0.328 e. The van der Waals surface area contributed by atoms with Crippen LogP contribution in [0.5, 0.6) is 0 Å². The lowest BCUT2D eigenvalue weighted by Crippen LogP contribution is -2.57. The molecule has 49 heavy (non-hydrogen) atoms. The summed E-state index contributed by atoms with van der Waals surface area (Å²) in [7, 11) is -4.13. The fraction of sp³-hybridized carbons (Fsp3) is 0.400. The third kappa shape index (κ3) is 9.61. The van der Waals surface area contributed by atoms with Gasteiger partial charge in [-0.05, 0) is 59.7 Å². The molecular weight excluding hydrogens is 734 g/mol. The molecule has 4 rings (SSSR count). The molecule has 0 bridgehead atoms. The number of anilines is 1. The van der Waals surface area contributed by atoms with Gasteiger partial charge in [0.15, 0.2) is 0 Å². The van der Waals surface area contributed by atoms with Crippen LogP contribution in [-0.4, -0.2) is 83.3 Å². The van der Waals surface area contributed by atoms with Crippen LogP contribution in [0.2, 0.25) is 5.02 Å². The van der Waals surface area contributed by atoms with Gasteiger partial charge in [0.25, 0.3) is 5.91 Å². The second-order valence-electron chi connectivity index (χ2n) is 13.0. The number of nitrogens with two attached hydrogens (primary N) is 1. The molecule has 1 heterocycles. The number of aliphatic hydroxyl groups is 1. The largest absolute Gasteiger partial charge is 0.397 e. The Hall–Kier alpha value is -3.49. The Bertz CT molecular complexity index is 1760. The normalized spacial score (nSPS) is 15.7. The van der Waals surface area contributed by atoms with Crippen molar-refractivity contribution < 1.29 is 27.9 Å². The third-order valence-corrected chi connectivity index (χ3v) is 10.9. The molecule has 11 nitrogen and oxygen atoms in total. The summed E-state index contributed by atoms with van der Waals surface area (Å²) < 4.78 is 29.7. The lowest BCUT2D eigenvalue weighted by molar-refractivity contribution is -0.129. The fourth-order valence-corrected chi connectivity index (χ4v) is 8.04. The Labute approximate surface area is 301 Å². The Balaban J connectivity index is 1.60. The van der Waals surface area contributed by atoms with Gasteiger partial charge in [-0.3, -0.25) is 14.5 Å². The van der Waals surface area contributed by atoms with Crippen LogP contribution in [-0.2, 0) is 32.6 Å². The van der Waals surface area contributed by atoms with Gasteiger partial charge in [-0.1, -0.05) is 97.7 Å². The van der Waals surface area contributed by atoms with Crippen LogP contribution in [0.15, 0.2) is 82.2 Å². The van der Waals surface area contributed by atoms with E-state index >= 15 is 0 Å². The number of nitrogens with zero attached hydrogens (tertiary/aromatic N) is 3. The lowest BCUT2D eigenvalue weighted by Gasteiger charge is -2.34. The molecule has 1 unspecified atom stereocenters. The smallest absolute Gasteiger partial charge is 0.328 e. The predicted octanol–water partition coefficient (Wildman–Crippen LogP) is 4.91. The highest BCUT2D eigenvalue weighted by Crippen LogP contribution is 2.27. The quantitative estimate of drug-likeness (QED) is 0.147. The number of urea groups is 1. The average Bonchev–Trinajstić information content (AvgIpc) is 3.29. The second-order valence-corrected chi connectivity index (χ2v) is 16.2. The first-order valence-electron chi connectivity index (χ1n) is 16.0. The predicted molar refractivity (Wildman–Crippen MR) is 193 cm³/mol. The minimum absolute atomic E-state index is 0.0504. The number of halogens is 2. The van der Waals surface area contributed by atoms with Gasteiger partial charge >= 0.3 is 6.03 Å². The number of imide groups is 1. The highest BCUT2D eigenvalue weighted by atomic mass is 79.9. The Morgan fingerprint density at radius 2 is 1.67 bits per heavy atom. The summed E-state index contributed by atoms with van der Waals surface area (Å²) in [6.45, 7) is 6.78. The number of carbonyl (C=O) groups is 3. The molecule has 0 aliphatic carbocycles. The number of nitrogens with one attached hydrogen (secondary N) is 1. The summed E-state index contributed by atoms with van der Waals surface area (Å²) in [5.74, 6) is -1.49. The number of benzene rings is 3. The highest BCUT2D eigenvalue weighted by molar-refractivity contribution is 9.10. The van der Waals surface area contributed by atoms with E-state index in [2.05, 4.69) is 21.2 Å². The molecule has 1 aliphatic rings. The Kier molecular flexibility index (Phi) is 12.9. The molecule has 14 heteroatoms. The van der Waals surface area contributed by atoms with E-state index in [1.165, 1.54) is 27.4 Å². The van der Waals surface area contributed by atoms with Gasteiger partial charge in [0.05, 0.1) is 34.3 Å². The van der Waals surface area contributed by atoms with Crippen molar-refractivity contribution in [1.82, 2.24) is 19.4 Å². The number of aliphatic hydroxyl groups excluding tert-OH is 1. The highest BCUT2D eigenvalue weighted by Gasteiger charge is 2.44. The molecule has 1 saturated heterocycles. The topological polar surface area (TPSA) is 153 Å². The molecular formula is C35H43BrClN5O6S. The summed E-state index contributed by atoms with van der Waals surface area (Å²) in [6.07, 6.45) is -1.19. The molecule has 4 amide bonds. The number of hydrogen-bond acceptors (Lipinski definition) is 7. The van der Waals surface area contributed by atoms with E-state index in [4.69, 9.17) is 17.3 Å². The van der Waals surface area contributed by atoms with Crippen LogP contribution in [0.25, 0.3) is 0 Å². The zero-order chi connectivity index (χ0) is 36.0. The Morgan fingerprint density at radius 3 is 2.29 bits per heavy atom. The van der Waals surface area contributed by atoms with Crippen molar-refractivity contribution in [2.75, 3.05) is 25.4 Å². The van der Waals surface area contributed by atoms with E-state index < -0.39 is 52.0 Å². The number of hydrogen-bond donors (Lipinski definition) is 3. The zero-order valence-corrected chi connectivity index (χ0v) is 31.1.